The van der Waals surface area contributed by atoms with Crippen LogP contribution in [0.3, 0.4) is 0 Å². The molecule has 3 aromatic carbocycles. The number of ether oxygens (including phenoxy) is 1. The van der Waals surface area contributed by atoms with Crippen LogP contribution in [0.4, 0.5) is 22.0 Å². The first-order chi connectivity index (χ1) is 15.5. The van der Waals surface area contributed by atoms with Crippen molar-refractivity contribution in [3.05, 3.63) is 89.0 Å². The predicted octanol–water partition coefficient (Wildman–Crippen LogP) is 6.00. The summed E-state index contributed by atoms with van der Waals surface area (Å²) in [6, 6.07) is 13.1. The molecule has 33 heavy (non-hydrogen) atoms. The zero-order valence-corrected chi connectivity index (χ0v) is 17.7. The van der Waals surface area contributed by atoms with Crippen molar-refractivity contribution in [2.24, 2.45) is 10.7 Å². The van der Waals surface area contributed by atoms with E-state index in [1.807, 2.05) is 0 Å². The second kappa shape index (κ2) is 9.40. The summed E-state index contributed by atoms with van der Waals surface area (Å²) in [5.74, 6) is -2.36. The minimum atomic E-state index is -4.76. The van der Waals surface area contributed by atoms with Crippen molar-refractivity contribution < 1.29 is 26.7 Å². The van der Waals surface area contributed by atoms with Gasteiger partial charge >= 0.3 is 6.36 Å². The van der Waals surface area contributed by atoms with Gasteiger partial charge in [0.05, 0.1) is 17.3 Å². The second-order valence-electron chi connectivity index (χ2n) is 7.30. The first-order valence-corrected chi connectivity index (χ1v) is 9.79. The number of aryl methyl sites for hydroxylation is 1. The molecule has 0 aliphatic carbocycles. The SMILES string of the molecule is Cc1cc(C(=N)C(C)N=C(N)c2c(F)cccc2F)ccc1-c1ccc(OC(F)(F)F)cc1. The Bertz CT molecular complexity index is 1180. The summed E-state index contributed by atoms with van der Waals surface area (Å²) in [7, 11) is 0. The van der Waals surface area contributed by atoms with Crippen LogP contribution >= 0.6 is 0 Å². The predicted molar refractivity (Wildman–Crippen MR) is 117 cm³/mol. The van der Waals surface area contributed by atoms with Gasteiger partial charge in [-0.1, -0.05) is 30.3 Å². The summed E-state index contributed by atoms with van der Waals surface area (Å²) in [6.07, 6.45) is -4.76. The molecule has 0 aromatic heterocycles. The van der Waals surface area contributed by atoms with Crippen LogP contribution in [-0.2, 0) is 0 Å². The summed E-state index contributed by atoms with van der Waals surface area (Å²) in [6.45, 7) is 3.37. The molecule has 0 radical (unpaired) electrons. The number of hydrogen-bond acceptors (Lipinski definition) is 3. The van der Waals surface area contributed by atoms with Gasteiger partial charge in [-0.15, -0.1) is 13.2 Å². The number of nitrogens with one attached hydrogen (secondary N) is 1. The highest BCUT2D eigenvalue weighted by molar-refractivity contribution is 6.05. The number of hydrogen-bond donors (Lipinski definition) is 2. The Morgan fingerprint density at radius 3 is 2.15 bits per heavy atom. The van der Waals surface area contributed by atoms with Gasteiger partial charge in [0.25, 0.3) is 0 Å². The molecule has 0 aliphatic heterocycles. The number of benzene rings is 3. The Labute approximate surface area is 187 Å². The fourth-order valence-corrected chi connectivity index (χ4v) is 3.31. The lowest BCUT2D eigenvalue weighted by Gasteiger charge is -2.14. The third-order valence-corrected chi connectivity index (χ3v) is 4.91. The van der Waals surface area contributed by atoms with Crippen LogP contribution < -0.4 is 10.5 Å². The molecule has 0 fully saturated rings. The van der Waals surface area contributed by atoms with Gasteiger partial charge < -0.3 is 15.9 Å². The molecule has 4 nitrogen and oxygen atoms in total. The third-order valence-electron chi connectivity index (χ3n) is 4.91. The zero-order valence-electron chi connectivity index (χ0n) is 17.7. The third kappa shape index (κ3) is 5.74. The molecular weight excluding hydrogens is 441 g/mol. The number of alkyl halides is 3. The first-order valence-electron chi connectivity index (χ1n) is 9.79. The number of nitrogens with zero attached hydrogens (tertiary/aromatic N) is 1. The van der Waals surface area contributed by atoms with Gasteiger partial charge in [0.2, 0.25) is 0 Å². The van der Waals surface area contributed by atoms with E-state index in [1.54, 1.807) is 32.0 Å². The minimum absolute atomic E-state index is 0.0817. The van der Waals surface area contributed by atoms with E-state index in [0.717, 1.165) is 23.3 Å². The van der Waals surface area contributed by atoms with Crippen LogP contribution in [0.25, 0.3) is 11.1 Å². The number of rotatable bonds is 6. The second-order valence-corrected chi connectivity index (χ2v) is 7.30. The normalized spacial score (nSPS) is 13.0. The van der Waals surface area contributed by atoms with Gasteiger partial charge in [-0.2, -0.15) is 0 Å². The van der Waals surface area contributed by atoms with Gasteiger partial charge in [0.1, 0.15) is 23.2 Å². The van der Waals surface area contributed by atoms with E-state index in [4.69, 9.17) is 11.1 Å². The van der Waals surface area contributed by atoms with Gasteiger partial charge in [-0.3, -0.25) is 4.99 Å². The maximum absolute atomic E-state index is 13.9. The average Bonchev–Trinajstić information content (AvgIpc) is 2.72. The summed E-state index contributed by atoms with van der Waals surface area (Å²) < 4.78 is 68.7. The standard InChI is InChI=1S/C24H20F5N3O/c1-13-12-16(8-11-18(13)15-6-9-17(10-7-15)33-24(27,28)29)22(30)14(2)32-23(31)21-19(25)4-3-5-20(21)26/h3-12,14,30H,1-2H3,(H2,31,32). The number of nitrogens with two attached hydrogens (primary N) is 1. The Morgan fingerprint density at radius 1 is 1.00 bits per heavy atom. The van der Waals surface area contributed by atoms with Crippen molar-refractivity contribution in [2.45, 2.75) is 26.3 Å². The molecule has 172 valence electrons. The minimum Gasteiger partial charge on any atom is -0.406 e. The number of halogens is 5. The summed E-state index contributed by atoms with van der Waals surface area (Å²) >= 11 is 0. The van der Waals surface area contributed by atoms with Crippen molar-refractivity contribution in [1.82, 2.24) is 0 Å². The average molecular weight is 461 g/mol. The lowest BCUT2D eigenvalue weighted by atomic mass is 9.95. The van der Waals surface area contributed by atoms with Gasteiger partial charge in [0.15, 0.2) is 0 Å². The van der Waals surface area contributed by atoms with E-state index in [1.165, 1.54) is 30.3 Å². The first kappa shape index (κ1) is 23.9. The van der Waals surface area contributed by atoms with E-state index >= 15 is 0 Å². The van der Waals surface area contributed by atoms with Crippen molar-refractivity contribution in [2.75, 3.05) is 0 Å². The summed E-state index contributed by atoms with van der Waals surface area (Å²) in [5.41, 5.74) is 8.14. The highest BCUT2D eigenvalue weighted by Crippen LogP contribution is 2.29. The molecule has 0 spiro atoms. The van der Waals surface area contributed by atoms with Crippen LogP contribution in [0.15, 0.2) is 65.7 Å². The molecule has 3 aromatic rings. The lowest BCUT2D eigenvalue weighted by molar-refractivity contribution is -0.274. The molecule has 1 atom stereocenters. The molecule has 9 heteroatoms. The van der Waals surface area contributed by atoms with Crippen LogP contribution in [-0.4, -0.2) is 24.0 Å². The smallest absolute Gasteiger partial charge is 0.406 e. The van der Waals surface area contributed by atoms with Crippen LogP contribution in [0.5, 0.6) is 5.75 Å². The molecule has 0 amide bonds. The van der Waals surface area contributed by atoms with E-state index in [0.29, 0.717) is 11.1 Å². The molecule has 1 unspecified atom stereocenters. The molecule has 0 bridgehead atoms. The molecule has 0 saturated carbocycles. The fraction of sp³-hybridized carbons (Fsp3) is 0.167. The molecule has 0 aliphatic rings. The van der Waals surface area contributed by atoms with Gasteiger partial charge in [-0.25, -0.2) is 8.78 Å². The van der Waals surface area contributed by atoms with Crippen molar-refractivity contribution in [3.8, 4) is 16.9 Å². The van der Waals surface area contributed by atoms with E-state index < -0.39 is 29.6 Å². The monoisotopic (exact) mass is 461 g/mol. The van der Waals surface area contributed by atoms with Crippen molar-refractivity contribution >= 4 is 11.5 Å². The maximum atomic E-state index is 13.9. The molecule has 0 saturated heterocycles. The summed E-state index contributed by atoms with van der Waals surface area (Å²) in [5, 5.41) is 8.41. The Hall–Kier alpha value is -3.75. The van der Waals surface area contributed by atoms with Crippen molar-refractivity contribution in [1.29, 1.82) is 5.41 Å². The lowest BCUT2D eigenvalue weighted by Crippen LogP contribution is -2.24. The topological polar surface area (TPSA) is 71.5 Å². The van der Waals surface area contributed by atoms with E-state index in [2.05, 4.69) is 9.73 Å². The molecular formula is C24H20F5N3O. The molecule has 3 N–H and O–H groups in total. The van der Waals surface area contributed by atoms with E-state index in [-0.39, 0.29) is 17.3 Å². The van der Waals surface area contributed by atoms with E-state index in [9.17, 15) is 22.0 Å². The van der Waals surface area contributed by atoms with Crippen LogP contribution in [0, 0.1) is 24.0 Å². The Balaban J connectivity index is 1.81. The highest BCUT2D eigenvalue weighted by atomic mass is 19.4. The fourth-order valence-electron chi connectivity index (χ4n) is 3.31. The zero-order chi connectivity index (χ0) is 24.3. The highest BCUT2D eigenvalue weighted by Gasteiger charge is 2.31. The largest absolute Gasteiger partial charge is 0.573 e. The number of aliphatic imine (C=N–C) groups is 1. The maximum Gasteiger partial charge on any atom is 0.573 e. The van der Waals surface area contributed by atoms with Crippen molar-refractivity contribution in [3.63, 3.8) is 0 Å². The Morgan fingerprint density at radius 2 is 1.61 bits per heavy atom. The molecule has 0 heterocycles. The summed E-state index contributed by atoms with van der Waals surface area (Å²) in [4.78, 5) is 4.08. The Kier molecular flexibility index (Phi) is 6.81. The molecule has 3 rings (SSSR count). The van der Waals surface area contributed by atoms with Gasteiger partial charge in [-0.05, 0) is 66.4 Å². The number of amidine groups is 1. The van der Waals surface area contributed by atoms with Crippen LogP contribution in [0.1, 0.15) is 23.6 Å². The van der Waals surface area contributed by atoms with Gasteiger partial charge in [0, 0.05) is 0 Å². The van der Waals surface area contributed by atoms with Crippen LogP contribution in [0.2, 0.25) is 0 Å². The quantitative estimate of drug-likeness (QED) is 0.269.